The Morgan fingerprint density at radius 2 is 1.77 bits per heavy atom. The van der Waals surface area contributed by atoms with Crippen LogP contribution in [0.25, 0.3) is 0 Å². The summed E-state index contributed by atoms with van der Waals surface area (Å²) in [5.74, 6) is 1.03. The van der Waals surface area contributed by atoms with Crippen molar-refractivity contribution in [3.8, 4) is 0 Å². The number of benzene rings is 2. The van der Waals surface area contributed by atoms with Gasteiger partial charge in [-0.2, -0.15) is 0 Å². The van der Waals surface area contributed by atoms with Gasteiger partial charge in [-0.15, -0.1) is 24.0 Å². The van der Waals surface area contributed by atoms with Crippen LogP contribution in [0.5, 0.6) is 0 Å². The van der Waals surface area contributed by atoms with E-state index in [2.05, 4.69) is 29.7 Å². The Kier molecular flexibility index (Phi) is 10.4. The van der Waals surface area contributed by atoms with Gasteiger partial charge in [0.25, 0.3) is 0 Å². The van der Waals surface area contributed by atoms with Crippen molar-refractivity contribution in [1.29, 1.82) is 0 Å². The molecule has 1 aliphatic heterocycles. The topological polar surface area (TPSA) is 56.7 Å². The molecule has 5 nitrogen and oxygen atoms in total. The first-order valence-corrected chi connectivity index (χ1v) is 10.7. The van der Waals surface area contributed by atoms with Gasteiger partial charge in [-0.3, -0.25) is 4.79 Å². The van der Waals surface area contributed by atoms with Gasteiger partial charge in [0.2, 0.25) is 5.91 Å². The number of aliphatic imine (C=N–C) groups is 1. The summed E-state index contributed by atoms with van der Waals surface area (Å²) in [6.07, 6.45) is 2.46. The highest BCUT2D eigenvalue weighted by atomic mass is 127. The van der Waals surface area contributed by atoms with Crippen LogP contribution in [0.4, 0.5) is 0 Å². The van der Waals surface area contributed by atoms with Crippen molar-refractivity contribution in [2.45, 2.75) is 39.3 Å². The van der Waals surface area contributed by atoms with Crippen LogP contribution in [-0.2, 0) is 24.3 Å². The molecule has 2 aromatic rings. The van der Waals surface area contributed by atoms with Crippen molar-refractivity contribution in [2.75, 3.05) is 19.6 Å². The Labute approximate surface area is 201 Å². The van der Waals surface area contributed by atoms with Crippen LogP contribution in [-0.4, -0.2) is 36.4 Å². The van der Waals surface area contributed by atoms with E-state index in [-0.39, 0.29) is 29.9 Å². The van der Waals surface area contributed by atoms with E-state index >= 15 is 0 Å². The number of nitrogens with one attached hydrogen (secondary N) is 2. The predicted molar refractivity (Wildman–Crippen MR) is 134 cm³/mol. The molecule has 1 heterocycles. The summed E-state index contributed by atoms with van der Waals surface area (Å²) < 4.78 is 0. The Balaban J connectivity index is 0.00000320. The Hall–Kier alpha value is -1.80. The molecular weight excluding hydrogens is 511 g/mol. The number of nitrogens with zero attached hydrogens (tertiary/aromatic N) is 2. The molecule has 162 valence electrons. The monoisotopic (exact) mass is 540 g/mol. The molecule has 3 rings (SSSR count). The van der Waals surface area contributed by atoms with Gasteiger partial charge in [-0.1, -0.05) is 54.1 Å². The van der Waals surface area contributed by atoms with Gasteiger partial charge in [0, 0.05) is 37.6 Å². The Morgan fingerprint density at radius 3 is 2.43 bits per heavy atom. The molecular formula is C23H30ClIN4O. The number of carbonyl (C=O) groups excluding carboxylic acids is 1. The number of rotatable bonds is 8. The average Bonchev–Trinajstić information content (AvgIpc) is 3.13. The van der Waals surface area contributed by atoms with Crippen molar-refractivity contribution in [3.05, 3.63) is 70.2 Å². The van der Waals surface area contributed by atoms with Gasteiger partial charge in [0.05, 0.1) is 6.54 Å². The molecule has 0 aromatic heterocycles. The molecule has 0 saturated carbocycles. The quantitative estimate of drug-likeness (QED) is 0.297. The molecule has 0 aliphatic carbocycles. The highest BCUT2D eigenvalue weighted by Gasteiger charge is 2.20. The summed E-state index contributed by atoms with van der Waals surface area (Å²) >= 11 is 6.24. The van der Waals surface area contributed by atoms with E-state index in [0.717, 1.165) is 54.6 Å². The third-order valence-electron chi connectivity index (χ3n) is 5.05. The number of carbonyl (C=O) groups is 1. The zero-order valence-electron chi connectivity index (χ0n) is 17.4. The van der Waals surface area contributed by atoms with Crippen LogP contribution in [0.15, 0.2) is 53.5 Å². The lowest BCUT2D eigenvalue weighted by Crippen LogP contribution is -2.38. The molecule has 1 aliphatic rings. The predicted octanol–water partition coefficient (Wildman–Crippen LogP) is 4.38. The molecule has 1 amide bonds. The van der Waals surface area contributed by atoms with E-state index in [1.54, 1.807) is 0 Å². The Bertz CT molecular complexity index is 859. The van der Waals surface area contributed by atoms with Crippen LogP contribution >= 0.6 is 35.6 Å². The van der Waals surface area contributed by atoms with Gasteiger partial charge in [0.1, 0.15) is 0 Å². The molecule has 2 aromatic carbocycles. The zero-order chi connectivity index (χ0) is 20.5. The fourth-order valence-corrected chi connectivity index (χ4v) is 3.70. The minimum atomic E-state index is 0. The van der Waals surface area contributed by atoms with E-state index in [1.807, 2.05) is 41.3 Å². The maximum Gasteiger partial charge on any atom is 0.222 e. The molecule has 0 bridgehead atoms. The summed E-state index contributed by atoms with van der Waals surface area (Å²) in [4.78, 5) is 18.7. The summed E-state index contributed by atoms with van der Waals surface area (Å²) in [6.45, 7) is 5.68. The second kappa shape index (κ2) is 12.8. The number of hydrogen-bond donors (Lipinski definition) is 2. The third kappa shape index (κ3) is 7.16. The summed E-state index contributed by atoms with van der Waals surface area (Å²) in [5.41, 5.74) is 3.44. The molecule has 0 spiro atoms. The maximum absolute atomic E-state index is 12.0. The number of amides is 1. The van der Waals surface area contributed by atoms with Crippen molar-refractivity contribution >= 4 is 47.4 Å². The number of hydrogen-bond acceptors (Lipinski definition) is 2. The SMILES string of the molecule is CCNC(=NCc1ccccc1CN1CCCC1=O)NCCc1ccccc1Cl.I. The van der Waals surface area contributed by atoms with Gasteiger partial charge in [-0.05, 0) is 42.5 Å². The van der Waals surface area contributed by atoms with E-state index in [0.29, 0.717) is 19.5 Å². The van der Waals surface area contributed by atoms with Crippen LogP contribution in [0.3, 0.4) is 0 Å². The first-order chi connectivity index (χ1) is 14.2. The molecule has 0 unspecified atom stereocenters. The zero-order valence-corrected chi connectivity index (χ0v) is 20.5. The van der Waals surface area contributed by atoms with Crippen molar-refractivity contribution < 1.29 is 4.79 Å². The molecule has 0 atom stereocenters. The van der Waals surface area contributed by atoms with Gasteiger partial charge < -0.3 is 15.5 Å². The summed E-state index contributed by atoms with van der Waals surface area (Å²) in [7, 11) is 0. The van der Waals surface area contributed by atoms with Crippen LogP contribution < -0.4 is 10.6 Å². The van der Waals surface area contributed by atoms with E-state index < -0.39 is 0 Å². The standard InChI is InChI=1S/C23H29ClN4O.HI/c1-2-25-23(26-14-13-18-8-5-6-11-21(18)24)27-16-19-9-3-4-10-20(19)17-28-15-7-12-22(28)29;/h3-6,8-11H,2,7,12-17H2,1H3,(H2,25,26,27);1H. The minimum Gasteiger partial charge on any atom is -0.357 e. The summed E-state index contributed by atoms with van der Waals surface area (Å²) in [5, 5.41) is 7.47. The van der Waals surface area contributed by atoms with Crippen molar-refractivity contribution in [2.24, 2.45) is 4.99 Å². The second-order valence-corrected chi connectivity index (χ2v) is 7.56. The van der Waals surface area contributed by atoms with Gasteiger partial charge in [0.15, 0.2) is 5.96 Å². The highest BCUT2D eigenvalue weighted by molar-refractivity contribution is 14.0. The van der Waals surface area contributed by atoms with Crippen LogP contribution in [0.1, 0.15) is 36.5 Å². The van der Waals surface area contributed by atoms with Gasteiger partial charge >= 0.3 is 0 Å². The molecule has 7 heteroatoms. The van der Waals surface area contributed by atoms with E-state index in [4.69, 9.17) is 16.6 Å². The fraction of sp³-hybridized carbons (Fsp3) is 0.391. The first-order valence-electron chi connectivity index (χ1n) is 10.3. The van der Waals surface area contributed by atoms with E-state index in [9.17, 15) is 4.79 Å². The number of halogens is 2. The normalized spacial score (nSPS) is 13.9. The average molecular weight is 541 g/mol. The number of guanidine groups is 1. The molecule has 30 heavy (non-hydrogen) atoms. The Morgan fingerprint density at radius 1 is 1.07 bits per heavy atom. The summed E-state index contributed by atoms with van der Waals surface area (Å²) in [6, 6.07) is 16.1. The first kappa shape index (κ1) is 24.5. The minimum absolute atomic E-state index is 0. The maximum atomic E-state index is 12.0. The lowest BCUT2D eigenvalue weighted by atomic mass is 10.1. The molecule has 2 N–H and O–H groups in total. The molecule has 0 radical (unpaired) electrons. The lowest BCUT2D eigenvalue weighted by Gasteiger charge is -2.18. The fourth-order valence-electron chi connectivity index (χ4n) is 3.47. The van der Waals surface area contributed by atoms with Gasteiger partial charge in [-0.25, -0.2) is 4.99 Å². The molecule has 1 fully saturated rings. The van der Waals surface area contributed by atoms with Crippen molar-refractivity contribution in [1.82, 2.24) is 15.5 Å². The highest BCUT2D eigenvalue weighted by Crippen LogP contribution is 2.18. The van der Waals surface area contributed by atoms with Crippen LogP contribution in [0, 0.1) is 0 Å². The lowest BCUT2D eigenvalue weighted by molar-refractivity contribution is -0.128. The van der Waals surface area contributed by atoms with Crippen LogP contribution in [0.2, 0.25) is 5.02 Å². The number of likely N-dealkylation sites (tertiary alicyclic amines) is 1. The van der Waals surface area contributed by atoms with E-state index in [1.165, 1.54) is 5.56 Å². The van der Waals surface area contributed by atoms with Crippen molar-refractivity contribution in [3.63, 3.8) is 0 Å². The largest absolute Gasteiger partial charge is 0.357 e. The smallest absolute Gasteiger partial charge is 0.222 e. The molecule has 1 saturated heterocycles. The third-order valence-corrected chi connectivity index (χ3v) is 5.42. The second-order valence-electron chi connectivity index (χ2n) is 7.15.